The lowest BCUT2D eigenvalue weighted by Crippen LogP contribution is -2.33. The second kappa shape index (κ2) is 9.40. The summed E-state index contributed by atoms with van der Waals surface area (Å²) in [6.07, 6.45) is 0. The van der Waals surface area contributed by atoms with E-state index in [2.05, 4.69) is 15.6 Å². The summed E-state index contributed by atoms with van der Waals surface area (Å²) >= 11 is 1.60. The third-order valence-corrected chi connectivity index (χ3v) is 5.61. The third kappa shape index (κ3) is 4.90. The highest BCUT2D eigenvalue weighted by Gasteiger charge is 2.13. The quantitative estimate of drug-likeness (QED) is 0.443. The van der Waals surface area contributed by atoms with Gasteiger partial charge in [-0.2, -0.15) is 0 Å². The van der Waals surface area contributed by atoms with Gasteiger partial charge in [-0.05, 0) is 43.3 Å². The molecule has 0 spiro atoms. The van der Waals surface area contributed by atoms with Crippen LogP contribution in [-0.4, -0.2) is 29.9 Å². The van der Waals surface area contributed by atoms with Crippen molar-refractivity contribution >= 4 is 39.1 Å². The van der Waals surface area contributed by atoms with Crippen LogP contribution in [0.15, 0.2) is 72.8 Å². The predicted octanol–water partition coefficient (Wildman–Crippen LogP) is 4.73. The predicted molar refractivity (Wildman–Crippen MR) is 124 cm³/mol. The van der Waals surface area contributed by atoms with E-state index in [1.165, 1.54) is 0 Å². The molecule has 7 heteroatoms. The van der Waals surface area contributed by atoms with Gasteiger partial charge in [-0.25, -0.2) is 4.98 Å². The lowest BCUT2D eigenvalue weighted by atomic mass is 10.2. The van der Waals surface area contributed by atoms with Gasteiger partial charge in [-0.1, -0.05) is 36.4 Å². The Balaban J connectivity index is 1.40. The highest BCUT2D eigenvalue weighted by Crippen LogP contribution is 2.31. The monoisotopic (exact) mass is 431 g/mol. The van der Waals surface area contributed by atoms with Gasteiger partial charge in [0.1, 0.15) is 10.8 Å². The van der Waals surface area contributed by atoms with Crippen molar-refractivity contribution in [1.82, 2.24) is 10.3 Å². The first-order valence-electron chi connectivity index (χ1n) is 9.90. The number of ether oxygens (including phenoxy) is 1. The molecule has 0 aliphatic heterocycles. The van der Waals surface area contributed by atoms with E-state index >= 15 is 0 Å². The van der Waals surface area contributed by atoms with Crippen molar-refractivity contribution in [2.45, 2.75) is 6.92 Å². The Bertz CT molecular complexity index is 1200. The van der Waals surface area contributed by atoms with Gasteiger partial charge in [0.2, 0.25) is 5.91 Å². The van der Waals surface area contributed by atoms with Gasteiger partial charge >= 0.3 is 0 Å². The van der Waals surface area contributed by atoms with Crippen molar-refractivity contribution in [1.29, 1.82) is 0 Å². The molecule has 2 amide bonds. The second-order valence-electron chi connectivity index (χ2n) is 6.73. The number of thiazole rings is 1. The largest absolute Gasteiger partial charge is 0.493 e. The minimum Gasteiger partial charge on any atom is -0.493 e. The standard InChI is InChI=1S/C24H21N3O3S/c1-2-30-20-12-5-3-10-18(20)23(29)25-15-22(28)26-17-9-7-8-16(14-17)24-27-19-11-4-6-13-21(19)31-24/h3-14H,2,15H2,1H3,(H,25,29)(H,26,28). The number of amides is 2. The van der Waals surface area contributed by atoms with E-state index in [0.29, 0.717) is 23.6 Å². The molecule has 0 saturated carbocycles. The van der Waals surface area contributed by atoms with Gasteiger partial charge in [0.25, 0.3) is 5.91 Å². The number of carbonyl (C=O) groups is 2. The molecular weight excluding hydrogens is 410 g/mol. The summed E-state index contributed by atoms with van der Waals surface area (Å²) in [4.78, 5) is 29.5. The van der Waals surface area contributed by atoms with Crippen LogP contribution in [0.3, 0.4) is 0 Å². The number of nitrogens with one attached hydrogen (secondary N) is 2. The number of benzene rings is 3. The highest BCUT2D eigenvalue weighted by molar-refractivity contribution is 7.21. The molecule has 0 saturated heterocycles. The van der Waals surface area contributed by atoms with Crippen molar-refractivity contribution in [3.63, 3.8) is 0 Å². The molecule has 156 valence electrons. The maximum Gasteiger partial charge on any atom is 0.255 e. The molecule has 0 unspecified atom stereocenters. The van der Waals surface area contributed by atoms with Crippen molar-refractivity contribution < 1.29 is 14.3 Å². The van der Waals surface area contributed by atoms with Crippen LogP contribution < -0.4 is 15.4 Å². The molecule has 6 nitrogen and oxygen atoms in total. The molecule has 3 aromatic carbocycles. The van der Waals surface area contributed by atoms with Crippen molar-refractivity contribution in [2.75, 3.05) is 18.5 Å². The SMILES string of the molecule is CCOc1ccccc1C(=O)NCC(=O)Nc1cccc(-c2nc3ccccc3s2)c1. The first-order chi connectivity index (χ1) is 15.1. The average Bonchev–Trinajstić information content (AvgIpc) is 3.23. The fourth-order valence-corrected chi connectivity index (χ4v) is 4.08. The molecular formula is C24H21N3O3S. The van der Waals surface area contributed by atoms with Crippen LogP contribution in [0.4, 0.5) is 5.69 Å². The van der Waals surface area contributed by atoms with E-state index in [1.807, 2.05) is 49.4 Å². The Morgan fingerprint density at radius 1 is 1.00 bits per heavy atom. The number of carbonyl (C=O) groups excluding carboxylic acids is 2. The first-order valence-corrected chi connectivity index (χ1v) is 10.7. The highest BCUT2D eigenvalue weighted by atomic mass is 32.1. The molecule has 0 atom stereocenters. The average molecular weight is 432 g/mol. The van der Waals surface area contributed by atoms with E-state index < -0.39 is 0 Å². The zero-order chi connectivity index (χ0) is 21.6. The van der Waals surface area contributed by atoms with Gasteiger partial charge in [0, 0.05) is 11.3 Å². The van der Waals surface area contributed by atoms with Crippen LogP contribution in [0.2, 0.25) is 0 Å². The number of hydrogen-bond donors (Lipinski definition) is 2. The summed E-state index contributed by atoms with van der Waals surface area (Å²) in [5.74, 6) is -0.183. The molecule has 0 radical (unpaired) electrons. The Hall–Kier alpha value is -3.71. The number of fused-ring (bicyclic) bond motifs is 1. The zero-order valence-electron chi connectivity index (χ0n) is 16.9. The fourth-order valence-electron chi connectivity index (χ4n) is 3.12. The molecule has 0 aliphatic rings. The van der Waals surface area contributed by atoms with E-state index in [0.717, 1.165) is 20.8 Å². The normalized spacial score (nSPS) is 10.6. The van der Waals surface area contributed by atoms with Gasteiger partial charge in [0.05, 0.1) is 28.9 Å². The number of rotatable bonds is 7. The summed E-state index contributed by atoms with van der Waals surface area (Å²) in [6, 6.07) is 22.4. The third-order valence-electron chi connectivity index (χ3n) is 4.53. The number of anilines is 1. The summed E-state index contributed by atoms with van der Waals surface area (Å²) < 4.78 is 6.58. The van der Waals surface area contributed by atoms with E-state index in [1.54, 1.807) is 41.7 Å². The molecule has 4 aromatic rings. The number of para-hydroxylation sites is 2. The van der Waals surface area contributed by atoms with Crippen molar-refractivity contribution in [3.8, 4) is 16.3 Å². The lowest BCUT2D eigenvalue weighted by Gasteiger charge is -2.11. The number of nitrogens with zero attached hydrogens (tertiary/aromatic N) is 1. The van der Waals surface area contributed by atoms with E-state index in [9.17, 15) is 9.59 Å². The second-order valence-corrected chi connectivity index (χ2v) is 7.76. The van der Waals surface area contributed by atoms with Gasteiger partial charge in [-0.3, -0.25) is 9.59 Å². The minimum absolute atomic E-state index is 0.148. The molecule has 0 bridgehead atoms. The molecule has 1 aromatic heterocycles. The maximum atomic E-state index is 12.4. The Kier molecular flexibility index (Phi) is 6.24. The van der Waals surface area contributed by atoms with Crippen molar-refractivity contribution in [2.24, 2.45) is 0 Å². The Morgan fingerprint density at radius 3 is 2.65 bits per heavy atom. The van der Waals surface area contributed by atoms with Crippen LogP contribution in [0.1, 0.15) is 17.3 Å². The van der Waals surface area contributed by atoms with Crippen LogP contribution in [0.5, 0.6) is 5.75 Å². The Morgan fingerprint density at radius 2 is 1.81 bits per heavy atom. The smallest absolute Gasteiger partial charge is 0.255 e. The van der Waals surface area contributed by atoms with Gasteiger partial charge in [-0.15, -0.1) is 11.3 Å². The molecule has 4 rings (SSSR count). The van der Waals surface area contributed by atoms with Crippen LogP contribution in [-0.2, 0) is 4.79 Å². The molecule has 0 aliphatic carbocycles. The van der Waals surface area contributed by atoms with Crippen molar-refractivity contribution in [3.05, 3.63) is 78.4 Å². The molecule has 1 heterocycles. The van der Waals surface area contributed by atoms with Gasteiger partial charge in [0.15, 0.2) is 0 Å². The maximum absolute atomic E-state index is 12.4. The Labute approximate surface area is 183 Å². The number of aromatic nitrogens is 1. The van der Waals surface area contributed by atoms with Gasteiger partial charge < -0.3 is 15.4 Å². The van der Waals surface area contributed by atoms with Crippen LogP contribution >= 0.6 is 11.3 Å². The summed E-state index contributed by atoms with van der Waals surface area (Å²) in [5.41, 5.74) is 2.92. The molecule has 0 fully saturated rings. The topological polar surface area (TPSA) is 80.3 Å². The molecule has 31 heavy (non-hydrogen) atoms. The fraction of sp³-hybridized carbons (Fsp3) is 0.125. The van der Waals surface area contributed by atoms with E-state index in [4.69, 9.17) is 4.74 Å². The molecule has 2 N–H and O–H groups in total. The summed E-state index contributed by atoms with van der Waals surface area (Å²) in [6.45, 7) is 2.16. The summed E-state index contributed by atoms with van der Waals surface area (Å²) in [7, 11) is 0. The minimum atomic E-state index is -0.359. The lowest BCUT2D eigenvalue weighted by molar-refractivity contribution is -0.115. The first kappa shape index (κ1) is 20.6. The van der Waals surface area contributed by atoms with E-state index in [-0.39, 0.29) is 18.4 Å². The van der Waals surface area contributed by atoms with Crippen LogP contribution in [0, 0.1) is 0 Å². The number of hydrogen-bond acceptors (Lipinski definition) is 5. The van der Waals surface area contributed by atoms with Crippen LogP contribution in [0.25, 0.3) is 20.8 Å². The zero-order valence-corrected chi connectivity index (χ0v) is 17.7. The summed E-state index contributed by atoms with van der Waals surface area (Å²) in [5, 5.41) is 6.35.